The van der Waals surface area contributed by atoms with E-state index in [0.29, 0.717) is 0 Å². The first-order chi connectivity index (χ1) is 8.04. The predicted octanol–water partition coefficient (Wildman–Crippen LogP) is 2.81. The number of nitrogen functional groups attached to an aromatic ring is 1. The molecule has 17 heavy (non-hydrogen) atoms. The summed E-state index contributed by atoms with van der Waals surface area (Å²) < 4.78 is 1.08. The van der Waals surface area contributed by atoms with Gasteiger partial charge in [0.2, 0.25) is 0 Å². The van der Waals surface area contributed by atoms with Crippen LogP contribution < -0.4 is 10.6 Å². The van der Waals surface area contributed by atoms with Gasteiger partial charge in [-0.2, -0.15) is 0 Å². The van der Waals surface area contributed by atoms with Crippen LogP contribution >= 0.6 is 15.9 Å². The lowest BCUT2D eigenvalue weighted by atomic mass is 10.2. The second kappa shape index (κ2) is 6.87. The van der Waals surface area contributed by atoms with Crippen LogP contribution in [0.5, 0.6) is 0 Å². The van der Waals surface area contributed by atoms with E-state index in [4.69, 9.17) is 5.73 Å². The fraction of sp³-hybridized carbons (Fsp3) is 0.538. The third-order valence-electron chi connectivity index (χ3n) is 2.75. The summed E-state index contributed by atoms with van der Waals surface area (Å²) in [4.78, 5) is 4.53. The summed E-state index contributed by atoms with van der Waals surface area (Å²) in [6.45, 7) is 5.28. The maximum atomic E-state index is 6.02. The molecule has 0 radical (unpaired) electrons. The van der Waals surface area contributed by atoms with Crippen molar-refractivity contribution >= 4 is 27.3 Å². The molecule has 1 rings (SSSR count). The Balaban J connectivity index is 2.68. The molecule has 0 spiro atoms. The zero-order valence-electron chi connectivity index (χ0n) is 10.9. The summed E-state index contributed by atoms with van der Waals surface area (Å²) >= 11 is 3.49. The van der Waals surface area contributed by atoms with E-state index in [2.05, 4.69) is 52.8 Å². The smallest absolute Gasteiger partial charge is 0.0611 e. The van der Waals surface area contributed by atoms with Gasteiger partial charge in [-0.15, -0.1) is 0 Å². The van der Waals surface area contributed by atoms with Crippen LogP contribution in [0, 0.1) is 0 Å². The minimum Gasteiger partial charge on any atom is -0.397 e. The van der Waals surface area contributed by atoms with Crippen molar-refractivity contribution < 1.29 is 0 Å². The van der Waals surface area contributed by atoms with Crippen molar-refractivity contribution in [3.05, 3.63) is 22.7 Å². The number of benzene rings is 1. The number of halogens is 1. The third-order valence-corrected chi connectivity index (χ3v) is 3.24. The molecule has 4 heteroatoms. The maximum Gasteiger partial charge on any atom is 0.0611 e. The Morgan fingerprint density at radius 1 is 1.24 bits per heavy atom. The van der Waals surface area contributed by atoms with E-state index in [9.17, 15) is 0 Å². The molecule has 0 aromatic heterocycles. The van der Waals surface area contributed by atoms with Crippen molar-refractivity contribution in [2.75, 3.05) is 44.4 Å². The molecular formula is C13H22BrN3. The third kappa shape index (κ3) is 4.56. The molecule has 0 atom stereocenters. The molecule has 0 fully saturated rings. The summed E-state index contributed by atoms with van der Waals surface area (Å²) in [6.07, 6.45) is 1.15. The molecule has 0 aliphatic carbocycles. The molecule has 0 heterocycles. The molecular weight excluding hydrogens is 278 g/mol. The lowest BCUT2D eigenvalue weighted by molar-refractivity contribution is 0.400. The Labute approximate surface area is 113 Å². The minimum atomic E-state index is 0.847. The van der Waals surface area contributed by atoms with E-state index >= 15 is 0 Å². The van der Waals surface area contributed by atoms with Gasteiger partial charge in [0.1, 0.15) is 0 Å². The monoisotopic (exact) mass is 299 g/mol. The van der Waals surface area contributed by atoms with Crippen molar-refractivity contribution in [3.63, 3.8) is 0 Å². The molecule has 0 aliphatic heterocycles. The zero-order chi connectivity index (χ0) is 12.8. The zero-order valence-corrected chi connectivity index (χ0v) is 12.5. The van der Waals surface area contributed by atoms with Gasteiger partial charge in [0.25, 0.3) is 0 Å². The second-order valence-corrected chi connectivity index (χ2v) is 5.36. The topological polar surface area (TPSA) is 32.5 Å². The van der Waals surface area contributed by atoms with Gasteiger partial charge in [0.05, 0.1) is 11.4 Å². The summed E-state index contributed by atoms with van der Waals surface area (Å²) in [5.74, 6) is 0. The van der Waals surface area contributed by atoms with Gasteiger partial charge in [-0.3, -0.25) is 0 Å². The highest BCUT2D eigenvalue weighted by molar-refractivity contribution is 9.10. The van der Waals surface area contributed by atoms with E-state index in [1.165, 1.54) is 0 Å². The summed E-state index contributed by atoms with van der Waals surface area (Å²) in [5, 5.41) is 0. The van der Waals surface area contributed by atoms with Gasteiger partial charge in [0.15, 0.2) is 0 Å². The molecule has 0 bridgehead atoms. The highest BCUT2D eigenvalue weighted by Crippen LogP contribution is 2.27. The first kappa shape index (κ1) is 14.3. The summed E-state index contributed by atoms with van der Waals surface area (Å²) in [7, 11) is 4.20. The second-order valence-electron chi connectivity index (χ2n) is 4.44. The number of hydrogen-bond acceptors (Lipinski definition) is 3. The molecule has 1 aromatic rings. The molecule has 0 saturated heterocycles. The van der Waals surface area contributed by atoms with Gasteiger partial charge in [0, 0.05) is 17.6 Å². The van der Waals surface area contributed by atoms with E-state index < -0.39 is 0 Å². The fourth-order valence-electron chi connectivity index (χ4n) is 1.82. The standard InChI is InChI=1S/C13H22BrN3/c1-4-17(9-5-8-16(2)3)13-10-11(14)6-7-12(13)15/h6-7,10H,4-5,8-9,15H2,1-3H3. The lowest BCUT2D eigenvalue weighted by Gasteiger charge is -2.25. The Bertz CT molecular complexity index is 353. The van der Waals surface area contributed by atoms with Crippen molar-refractivity contribution in [1.82, 2.24) is 4.90 Å². The Hall–Kier alpha value is -0.740. The van der Waals surface area contributed by atoms with E-state index in [1.54, 1.807) is 0 Å². The molecule has 0 aliphatic rings. The Morgan fingerprint density at radius 3 is 2.53 bits per heavy atom. The first-order valence-electron chi connectivity index (χ1n) is 5.99. The number of anilines is 2. The van der Waals surface area contributed by atoms with Crippen LogP contribution in [0.1, 0.15) is 13.3 Å². The average Bonchev–Trinajstić information content (AvgIpc) is 2.28. The van der Waals surface area contributed by atoms with Crippen LogP contribution in [0.2, 0.25) is 0 Å². The number of nitrogens with zero attached hydrogens (tertiary/aromatic N) is 2. The number of rotatable bonds is 6. The molecule has 2 N–H and O–H groups in total. The van der Waals surface area contributed by atoms with E-state index in [0.717, 1.165) is 41.9 Å². The minimum absolute atomic E-state index is 0.847. The number of nitrogens with two attached hydrogens (primary N) is 1. The lowest BCUT2D eigenvalue weighted by Crippen LogP contribution is -2.27. The van der Waals surface area contributed by atoms with Gasteiger partial charge in [-0.1, -0.05) is 15.9 Å². The highest BCUT2D eigenvalue weighted by atomic mass is 79.9. The quantitative estimate of drug-likeness (QED) is 0.820. The van der Waals surface area contributed by atoms with Crippen molar-refractivity contribution in [1.29, 1.82) is 0 Å². The average molecular weight is 300 g/mol. The van der Waals surface area contributed by atoms with Gasteiger partial charge < -0.3 is 15.5 Å². The molecule has 0 amide bonds. The fourth-order valence-corrected chi connectivity index (χ4v) is 2.17. The van der Waals surface area contributed by atoms with Crippen LogP contribution in [0.4, 0.5) is 11.4 Å². The Kier molecular flexibility index (Phi) is 5.78. The first-order valence-corrected chi connectivity index (χ1v) is 6.78. The number of hydrogen-bond donors (Lipinski definition) is 1. The van der Waals surface area contributed by atoms with Crippen molar-refractivity contribution in [2.24, 2.45) is 0 Å². The molecule has 3 nitrogen and oxygen atoms in total. The predicted molar refractivity (Wildman–Crippen MR) is 79.6 cm³/mol. The van der Waals surface area contributed by atoms with Crippen molar-refractivity contribution in [3.8, 4) is 0 Å². The van der Waals surface area contributed by atoms with Gasteiger partial charge in [-0.25, -0.2) is 0 Å². The molecule has 1 aromatic carbocycles. The molecule has 0 unspecified atom stereocenters. The van der Waals surface area contributed by atoms with Gasteiger partial charge >= 0.3 is 0 Å². The van der Waals surface area contributed by atoms with Gasteiger partial charge in [-0.05, 0) is 52.2 Å². The summed E-state index contributed by atoms with van der Waals surface area (Å²) in [5.41, 5.74) is 8.00. The molecule has 0 saturated carbocycles. The largest absolute Gasteiger partial charge is 0.397 e. The van der Waals surface area contributed by atoms with E-state index in [1.807, 2.05) is 12.1 Å². The SMILES string of the molecule is CCN(CCCN(C)C)c1cc(Br)ccc1N. The maximum absolute atomic E-state index is 6.02. The highest BCUT2D eigenvalue weighted by Gasteiger charge is 2.08. The summed E-state index contributed by atoms with van der Waals surface area (Å²) in [6, 6.07) is 6.02. The Morgan fingerprint density at radius 2 is 1.94 bits per heavy atom. The van der Waals surface area contributed by atoms with Crippen LogP contribution in [0.3, 0.4) is 0 Å². The van der Waals surface area contributed by atoms with Crippen LogP contribution in [-0.4, -0.2) is 38.6 Å². The van der Waals surface area contributed by atoms with Crippen molar-refractivity contribution in [2.45, 2.75) is 13.3 Å². The van der Waals surface area contributed by atoms with Crippen LogP contribution in [0.15, 0.2) is 22.7 Å². The van der Waals surface area contributed by atoms with Crippen LogP contribution in [-0.2, 0) is 0 Å². The molecule has 96 valence electrons. The normalized spacial score (nSPS) is 10.9. The van der Waals surface area contributed by atoms with Crippen LogP contribution in [0.25, 0.3) is 0 Å². The van der Waals surface area contributed by atoms with E-state index in [-0.39, 0.29) is 0 Å².